The van der Waals surface area contributed by atoms with E-state index in [1.165, 1.54) is 0 Å². The molecule has 0 saturated heterocycles. The maximum absolute atomic E-state index is 6.91. The first-order chi connectivity index (χ1) is 14.3. The van der Waals surface area contributed by atoms with Crippen LogP contribution in [0.15, 0.2) is 42.5 Å². The van der Waals surface area contributed by atoms with Gasteiger partial charge in [-0.3, -0.25) is 0 Å². The van der Waals surface area contributed by atoms with E-state index < -0.39 is 5.54 Å². The van der Waals surface area contributed by atoms with Crippen molar-refractivity contribution in [1.29, 1.82) is 0 Å². The number of thiazole rings is 1. The molecule has 0 aliphatic rings. The van der Waals surface area contributed by atoms with Gasteiger partial charge in [-0.2, -0.15) is 0 Å². The largest absolute Gasteiger partial charge is 0.496 e. The summed E-state index contributed by atoms with van der Waals surface area (Å²) in [4.78, 5) is 5.97. The molecule has 3 nitrogen and oxygen atoms in total. The Balaban J connectivity index is 0.00000341. The van der Waals surface area contributed by atoms with Crippen molar-refractivity contribution in [2.75, 3.05) is 7.11 Å². The van der Waals surface area contributed by atoms with Gasteiger partial charge in [0.15, 0.2) is 0 Å². The number of hydrogen-bond donors (Lipinski definition) is 1. The lowest BCUT2D eigenvalue weighted by atomic mass is 9.78. The molecule has 2 N–H and O–H groups in total. The number of rotatable bonds is 7. The molecule has 0 spiro atoms. The van der Waals surface area contributed by atoms with E-state index in [2.05, 4.69) is 25.0 Å². The van der Waals surface area contributed by atoms with Gasteiger partial charge in [-0.05, 0) is 43.5 Å². The lowest BCUT2D eigenvalue weighted by Crippen LogP contribution is -2.41. The lowest BCUT2D eigenvalue weighted by Gasteiger charge is -2.31. The molecule has 2 atom stereocenters. The second kappa shape index (κ2) is 10.5. The van der Waals surface area contributed by atoms with Crippen molar-refractivity contribution in [3.8, 4) is 29.4 Å². The number of aryl methyl sites for hydroxylation is 2. The number of hydrogen-bond acceptors (Lipinski definition) is 4. The number of benzene rings is 2. The molecule has 31 heavy (non-hydrogen) atoms. The molecule has 3 rings (SSSR count). The van der Waals surface area contributed by atoms with Crippen LogP contribution >= 0.6 is 35.3 Å². The first-order valence-electron chi connectivity index (χ1n) is 9.99. The van der Waals surface area contributed by atoms with Gasteiger partial charge in [0, 0.05) is 16.4 Å². The van der Waals surface area contributed by atoms with Gasteiger partial charge in [0.05, 0.1) is 17.8 Å². The Morgan fingerprint density at radius 3 is 2.52 bits per heavy atom. The van der Waals surface area contributed by atoms with Crippen LogP contribution in [0.3, 0.4) is 0 Å². The number of aromatic nitrogens is 1. The van der Waals surface area contributed by atoms with Gasteiger partial charge in [0.2, 0.25) is 0 Å². The van der Waals surface area contributed by atoms with Crippen molar-refractivity contribution < 1.29 is 4.74 Å². The fourth-order valence-electron chi connectivity index (χ4n) is 3.83. The predicted octanol–water partition coefficient (Wildman–Crippen LogP) is 6.88. The van der Waals surface area contributed by atoms with E-state index >= 15 is 0 Å². The Bertz CT molecular complexity index is 1080. The molecule has 6 heteroatoms. The Morgan fingerprint density at radius 1 is 1.26 bits per heavy atom. The molecule has 0 bridgehead atoms. The Kier molecular flexibility index (Phi) is 8.57. The fraction of sp³-hybridized carbons (Fsp3) is 0.320. The number of methoxy groups -OCH3 is 1. The maximum Gasteiger partial charge on any atom is 0.136 e. The summed E-state index contributed by atoms with van der Waals surface area (Å²) < 4.78 is 5.38. The number of nitrogens with zero attached hydrogens (tertiary/aromatic N) is 1. The van der Waals surface area contributed by atoms with Crippen LogP contribution < -0.4 is 10.5 Å². The highest BCUT2D eigenvalue weighted by atomic mass is 35.5. The second-order valence-corrected chi connectivity index (χ2v) is 9.10. The van der Waals surface area contributed by atoms with Gasteiger partial charge in [-0.25, -0.2) is 4.98 Å². The molecule has 1 unspecified atom stereocenters. The predicted molar refractivity (Wildman–Crippen MR) is 135 cm³/mol. The Morgan fingerprint density at radius 2 is 1.94 bits per heavy atom. The minimum Gasteiger partial charge on any atom is -0.496 e. The summed E-state index contributed by atoms with van der Waals surface area (Å²) in [5.41, 5.74) is 9.72. The third-order valence-electron chi connectivity index (χ3n) is 5.46. The minimum atomic E-state index is -1.00. The summed E-state index contributed by atoms with van der Waals surface area (Å²) in [5, 5.41) is 1.33. The molecule has 0 saturated carbocycles. The van der Waals surface area contributed by atoms with Crippen LogP contribution in [0, 0.1) is 26.2 Å². The molecule has 0 fully saturated rings. The maximum atomic E-state index is 6.91. The van der Waals surface area contributed by atoms with E-state index in [0.717, 1.165) is 50.9 Å². The molecule has 1 aromatic heterocycles. The number of halogens is 2. The first kappa shape index (κ1) is 25.2. The quantitative estimate of drug-likeness (QED) is 0.379. The third-order valence-corrected chi connectivity index (χ3v) is 6.89. The summed E-state index contributed by atoms with van der Waals surface area (Å²) in [7, 11) is 1.64. The third kappa shape index (κ3) is 4.91. The van der Waals surface area contributed by atoms with Crippen molar-refractivity contribution in [3.63, 3.8) is 0 Å². The van der Waals surface area contributed by atoms with E-state index in [1.54, 1.807) is 18.4 Å². The van der Waals surface area contributed by atoms with Crippen molar-refractivity contribution in [3.05, 3.63) is 68.5 Å². The molecule has 0 radical (unpaired) electrons. The summed E-state index contributed by atoms with van der Waals surface area (Å²) in [6, 6.07) is 14.0. The molecule has 0 amide bonds. The zero-order chi connectivity index (χ0) is 21.9. The highest BCUT2D eigenvalue weighted by Gasteiger charge is 2.39. The topological polar surface area (TPSA) is 48.1 Å². The van der Waals surface area contributed by atoms with Gasteiger partial charge in [0.25, 0.3) is 0 Å². The zero-order valence-electron chi connectivity index (χ0n) is 18.2. The number of ether oxygens (including phenoxy) is 1. The van der Waals surface area contributed by atoms with Crippen LogP contribution in [-0.2, 0) is 5.54 Å². The Labute approximate surface area is 200 Å². The SMILES string of the molecule is C#CC(N)(c1nc(-c2cc(C)c(OC)cc2Cl)c(C)s1)[C@@H](CCC)c1ccccc1.Cl. The molecular weight excluding hydrogens is 447 g/mol. The second-order valence-electron chi connectivity index (χ2n) is 7.49. The average Bonchev–Trinajstić information content (AvgIpc) is 3.15. The summed E-state index contributed by atoms with van der Waals surface area (Å²) >= 11 is 8.11. The number of terminal acetylenes is 1. The van der Waals surface area contributed by atoms with E-state index in [0.29, 0.717) is 5.02 Å². The number of nitrogens with two attached hydrogens (primary N) is 1. The van der Waals surface area contributed by atoms with Crippen molar-refractivity contribution in [2.24, 2.45) is 5.73 Å². The highest BCUT2D eigenvalue weighted by Crippen LogP contribution is 2.43. The van der Waals surface area contributed by atoms with Crippen molar-refractivity contribution in [1.82, 2.24) is 4.98 Å². The average molecular weight is 475 g/mol. The fourth-order valence-corrected chi connectivity index (χ4v) is 5.12. The molecule has 0 aliphatic heterocycles. The van der Waals surface area contributed by atoms with Crippen LogP contribution in [0.1, 0.15) is 46.7 Å². The van der Waals surface area contributed by atoms with Gasteiger partial charge >= 0.3 is 0 Å². The van der Waals surface area contributed by atoms with E-state index in [1.807, 2.05) is 44.2 Å². The van der Waals surface area contributed by atoms with Gasteiger partial charge in [0.1, 0.15) is 16.3 Å². The first-order valence-corrected chi connectivity index (χ1v) is 11.2. The van der Waals surface area contributed by atoms with Crippen LogP contribution in [0.25, 0.3) is 11.3 Å². The normalized spacial score (nSPS) is 13.6. The monoisotopic (exact) mass is 474 g/mol. The van der Waals surface area contributed by atoms with E-state index in [4.69, 9.17) is 33.5 Å². The minimum absolute atomic E-state index is 0. The molecule has 0 aliphatic carbocycles. The van der Waals surface area contributed by atoms with Crippen molar-refractivity contribution >= 4 is 35.3 Å². The molecule has 164 valence electrons. The summed E-state index contributed by atoms with van der Waals surface area (Å²) in [6.07, 6.45) is 7.90. The zero-order valence-corrected chi connectivity index (χ0v) is 20.6. The van der Waals surface area contributed by atoms with Crippen LogP contribution in [0.5, 0.6) is 5.75 Å². The van der Waals surface area contributed by atoms with Crippen LogP contribution in [0.4, 0.5) is 0 Å². The van der Waals surface area contributed by atoms with Gasteiger partial charge in [-0.1, -0.05) is 61.2 Å². The summed E-state index contributed by atoms with van der Waals surface area (Å²) in [6.45, 7) is 6.16. The molecule has 2 aromatic carbocycles. The molecule has 3 aromatic rings. The van der Waals surface area contributed by atoms with Crippen LogP contribution in [-0.4, -0.2) is 12.1 Å². The van der Waals surface area contributed by atoms with E-state index in [9.17, 15) is 0 Å². The Hall–Kier alpha value is -2.03. The van der Waals surface area contributed by atoms with E-state index in [-0.39, 0.29) is 18.3 Å². The van der Waals surface area contributed by atoms with Gasteiger partial charge in [-0.15, -0.1) is 30.2 Å². The standard InChI is InChI=1S/C25H27ClN2OS.ClH/c1-6-11-20(18-12-9-8-10-13-18)25(27,7-2)24-28-23(17(4)30-24)19-14-16(3)22(29-5)15-21(19)26;/h2,8-10,12-15,20H,6,11,27H2,1,3-5H3;1H/t20-,25?;/m0./s1. The molecular formula is C25H28Cl2N2OS. The summed E-state index contributed by atoms with van der Waals surface area (Å²) in [5.74, 6) is 3.61. The van der Waals surface area contributed by atoms with Crippen molar-refractivity contribution in [2.45, 2.75) is 45.1 Å². The molecule has 1 heterocycles. The smallest absolute Gasteiger partial charge is 0.136 e. The van der Waals surface area contributed by atoms with Crippen LogP contribution in [0.2, 0.25) is 5.02 Å². The van der Waals surface area contributed by atoms with Gasteiger partial charge < -0.3 is 10.5 Å². The highest BCUT2D eigenvalue weighted by molar-refractivity contribution is 7.12. The lowest BCUT2D eigenvalue weighted by molar-refractivity contribution is 0.412.